The van der Waals surface area contributed by atoms with Gasteiger partial charge in [-0.1, -0.05) is 19.1 Å². The average Bonchev–Trinajstić information content (AvgIpc) is 3.24. The van der Waals surface area contributed by atoms with E-state index in [-0.39, 0.29) is 5.91 Å². The SMILES string of the molecule is CCc1nccn1CC(=O)N1CCC(Cc2cccc(C(N)=O)c2)C1. The average molecular weight is 340 g/mol. The molecular formula is C19H24N4O2. The van der Waals surface area contributed by atoms with E-state index in [9.17, 15) is 9.59 Å². The Labute approximate surface area is 147 Å². The first kappa shape index (κ1) is 17.2. The number of hydrogen-bond donors (Lipinski definition) is 1. The number of likely N-dealkylation sites (tertiary alicyclic amines) is 1. The van der Waals surface area contributed by atoms with Crippen molar-refractivity contribution in [3.8, 4) is 0 Å². The molecule has 0 aliphatic carbocycles. The van der Waals surface area contributed by atoms with Crippen LogP contribution < -0.4 is 5.73 Å². The highest BCUT2D eigenvalue weighted by Gasteiger charge is 2.26. The Morgan fingerprint density at radius 1 is 1.36 bits per heavy atom. The molecule has 2 aromatic rings. The fraction of sp³-hybridized carbons (Fsp3) is 0.421. The van der Waals surface area contributed by atoms with Crippen LogP contribution in [0.15, 0.2) is 36.7 Å². The Bertz CT molecular complexity index is 768. The minimum atomic E-state index is -0.405. The van der Waals surface area contributed by atoms with Crippen molar-refractivity contribution in [2.75, 3.05) is 13.1 Å². The summed E-state index contributed by atoms with van der Waals surface area (Å²) in [6.45, 7) is 3.94. The first-order valence-corrected chi connectivity index (χ1v) is 8.73. The van der Waals surface area contributed by atoms with Crippen LogP contribution >= 0.6 is 0 Å². The molecule has 1 aliphatic heterocycles. The molecule has 2 N–H and O–H groups in total. The van der Waals surface area contributed by atoms with Gasteiger partial charge in [-0.2, -0.15) is 0 Å². The third-order valence-corrected chi connectivity index (χ3v) is 4.80. The second kappa shape index (κ2) is 7.51. The lowest BCUT2D eigenvalue weighted by atomic mass is 9.97. The second-order valence-corrected chi connectivity index (χ2v) is 6.59. The molecule has 1 saturated heterocycles. The molecule has 6 nitrogen and oxygen atoms in total. The van der Waals surface area contributed by atoms with Crippen molar-refractivity contribution >= 4 is 11.8 Å². The summed E-state index contributed by atoms with van der Waals surface area (Å²) in [6.07, 6.45) is 6.26. The van der Waals surface area contributed by atoms with Gasteiger partial charge in [0, 0.05) is 37.5 Å². The molecule has 1 unspecified atom stereocenters. The van der Waals surface area contributed by atoms with Crippen molar-refractivity contribution in [3.05, 3.63) is 53.6 Å². The van der Waals surface area contributed by atoms with E-state index in [1.54, 1.807) is 12.3 Å². The quantitative estimate of drug-likeness (QED) is 0.868. The summed E-state index contributed by atoms with van der Waals surface area (Å²) in [7, 11) is 0. The van der Waals surface area contributed by atoms with E-state index in [1.807, 2.05) is 40.8 Å². The minimum absolute atomic E-state index is 0.140. The molecule has 2 amide bonds. The molecule has 0 saturated carbocycles. The van der Waals surface area contributed by atoms with Gasteiger partial charge in [0.05, 0.1) is 0 Å². The Morgan fingerprint density at radius 2 is 2.20 bits per heavy atom. The van der Waals surface area contributed by atoms with E-state index in [0.717, 1.165) is 43.7 Å². The number of aromatic nitrogens is 2. The van der Waals surface area contributed by atoms with Crippen molar-refractivity contribution in [2.24, 2.45) is 11.7 Å². The topological polar surface area (TPSA) is 81.2 Å². The molecule has 1 aromatic heterocycles. The molecule has 0 spiro atoms. The predicted octanol–water partition coefficient (Wildman–Crippen LogP) is 1.64. The highest BCUT2D eigenvalue weighted by atomic mass is 16.2. The van der Waals surface area contributed by atoms with Crippen LogP contribution in [0.4, 0.5) is 0 Å². The van der Waals surface area contributed by atoms with Gasteiger partial charge in [0.2, 0.25) is 11.8 Å². The maximum atomic E-state index is 12.5. The van der Waals surface area contributed by atoms with Crippen LogP contribution in [0.25, 0.3) is 0 Å². The van der Waals surface area contributed by atoms with Crippen molar-refractivity contribution in [1.29, 1.82) is 0 Å². The highest BCUT2D eigenvalue weighted by molar-refractivity contribution is 5.92. The zero-order valence-corrected chi connectivity index (χ0v) is 14.5. The predicted molar refractivity (Wildman–Crippen MR) is 95.0 cm³/mol. The van der Waals surface area contributed by atoms with E-state index >= 15 is 0 Å². The number of amides is 2. The zero-order chi connectivity index (χ0) is 17.8. The summed E-state index contributed by atoms with van der Waals surface area (Å²) in [4.78, 5) is 30.0. The molecule has 1 aliphatic rings. The van der Waals surface area contributed by atoms with Crippen LogP contribution in [0.5, 0.6) is 0 Å². The van der Waals surface area contributed by atoms with Crippen LogP contribution in [0.1, 0.15) is 35.1 Å². The fourth-order valence-electron chi connectivity index (χ4n) is 3.45. The molecule has 1 atom stereocenters. The Balaban J connectivity index is 1.57. The third kappa shape index (κ3) is 4.07. The van der Waals surface area contributed by atoms with Gasteiger partial charge in [-0.25, -0.2) is 4.98 Å². The molecule has 25 heavy (non-hydrogen) atoms. The van der Waals surface area contributed by atoms with Crippen LogP contribution in [0.2, 0.25) is 0 Å². The first-order chi connectivity index (χ1) is 12.1. The number of primary amides is 1. The van der Waals surface area contributed by atoms with Gasteiger partial charge in [0.25, 0.3) is 0 Å². The molecule has 3 rings (SSSR count). The molecular weight excluding hydrogens is 316 g/mol. The van der Waals surface area contributed by atoms with E-state index in [0.29, 0.717) is 18.0 Å². The Hall–Kier alpha value is -2.63. The van der Waals surface area contributed by atoms with Crippen LogP contribution in [-0.2, 0) is 24.2 Å². The van der Waals surface area contributed by atoms with Crippen molar-refractivity contribution in [2.45, 2.75) is 32.7 Å². The number of carbonyl (C=O) groups excluding carboxylic acids is 2. The van der Waals surface area contributed by atoms with E-state index in [1.165, 1.54) is 0 Å². The van der Waals surface area contributed by atoms with Crippen molar-refractivity contribution in [1.82, 2.24) is 14.5 Å². The maximum absolute atomic E-state index is 12.5. The summed E-state index contributed by atoms with van der Waals surface area (Å²) >= 11 is 0. The standard InChI is InChI=1S/C19H24N4O2/c1-2-17-21-7-9-22(17)13-18(24)23-8-6-15(12-23)10-14-4-3-5-16(11-14)19(20)25/h3-5,7,9,11,15H,2,6,8,10,12-13H2,1H3,(H2,20,25). The monoisotopic (exact) mass is 340 g/mol. The molecule has 1 aromatic carbocycles. The number of benzene rings is 1. The smallest absolute Gasteiger partial charge is 0.248 e. The first-order valence-electron chi connectivity index (χ1n) is 8.73. The van der Waals surface area contributed by atoms with E-state index < -0.39 is 5.91 Å². The van der Waals surface area contributed by atoms with Gasteiger partial charge >= 0.3 is 0 Å². The molecule has 6 heteroatoms. The normalized spacial score (nSPS) is 17.0. The highest BCUT2D eigenvalue weighted by Crippen LogP contribution is 2.22. The summed E-state index contributed by atoms with van der Waals surface area (Å²) in [5.41, 5.74) is 6.97. The van der Waals surface area contributed by atoms with Crippen LogP contribution in [0.3, 0.4) is 0 Å². The number of nitrogens with two attached hydrogens (primary N) is 1. The van der Waals surface area contributed by atoms with Gasteiger partial charge in [-0.15, -0.1) is 0 Å². The van der Waals surface area contributed by atoms with Crippen LogP contribution in [-0.4, -0.2) is 39.4 Å². The van der Waals surface area contributed by atoms with Gasteiger partial charge in [-0.3, -0.25) is 9.59 Å². The van der Waals surface area contributed by atoms with Gasteiger partial charge in [-0.05, 0) is 36.5 Å². The lowest BCUT2D eigenvalue weighted by molar-refractivity contribution is -0.130. The minimum Gasteiger partial charge on any atom is -0.366 e. The second-order valence-electron chi connectivity index (χ2n) is 6.59. The fourth-order valence-corrected chi connectivity index (χ4v) is 3.45. The van der Waals surface area contributed by atoms with Gasteiger partial charge in [0.1, 0.15) is 12.4 Å². The molecule has 132 valence electrons. The molecule has 0 radical (unpaired) electrons. The number of imidazole rings is 1. The number of aryl methyl sites for hydroxylation is 1. The van der Waals surface area contributed by atoms with E-state index in [4.69, 9.17) is 5.73 Å². The number of hydrogen-bond acceptors (Lipinski definition) is 3. The Kier molecular flexibility index (Phi) is 5.16. The molecule has 2 heterocycles. The number of rotatable bonds is 6. The molecule has 0 bridgehead atoms. The summed E-state index contributed by atoms with van der Waals surface area (Å²) in [5.74, 6) is 1.09. The maximum Gasteiger partial charge on any atom is 0.248 e. The summed E-state index contributed by atoms with van der Waals surface area (Å²) < 4.78 is 1.92. The van der Waals surface area contributed by atoms with Gasteiger partial charge < -0.3 is 15.2 Å². The summed E-state index contributed by atoms with van der Waals surface area (Å²) in [5, 5.41) is 0. The van der Waals surface area contributed by atoms with Gasteiger partial charge in [0.15, 0.2) is 0 Å². The van der Waals surface area contributed by atoms with E-state index in [2.05, 4.69) is 4.98 Å². The zero-order valence-electron chi connectivity index (χ0n) is 14.5. The van der Waals surface area contributed by atoms with Crippen molar-refractivity contribution in [3.63, 3.8) is 0 Å². The molecule has 1 fully saturated rings. The lowest BCUT2D eigenvalue weighted by Crippen LogP contribution is -2.32. The summed E-state index contributed by atoms with van der Waals surface area (Å²) in [6, 6.07) is 7.45. The third-order valence-electron chi connectivity index (χ3n) is 4.80. The largest absolute Gasteiger partial charge is 0.366 e. The number of nitrogens with zero attached hydrogens (tertiary/aromatic N) is 3. The van der Waals surface area contributed by atoms with Crippen LogP contribution in [0, 0.1) is 5.92 Å². The number of carbonyl (C=O) groups is 2. The lowest BCUT2D eigenvalue weighted by Gasteiger charge is -2.18. The van der Waals surface area contributed by atoms with Crippen molar-refractivity contribution < 1.29 is 9.59 Å². The Morgan fingerprint density at radius 3 is 2.96 bits per heavy atom.